The van der Waals surface area contributed by atoms with Crippen molar-refractivity contribution in [1.82, 2.24) is 0 Å². The number of hydrogen-bond acceptors (Lipinski definition) is 4. The van der Waals surface area contributed by atoms with Crippen molar-refractivity contribution in [2.45, 2.75) is 77.7 Å². The summed E-state index contributed by atoms with van der Waals surface area (Å²) in [5.41, 5.74) is 0. The highest BCUT2D eigenvalue weighted by molar-refractivity contribution is 5.69. The Hall–Kier alpha value is -1.65. The monoisotopic (exact) mass is 392 g/mol. The van der Waals surface area contributed by atoms with Crippen LogP contribution in [-0.4, -0.2) is 35.5 Å². The summed E-state index contributed by atoms with van der Waals surface area (Å²) >= 11 is 0. The third-order valence-corrected chi connectivity index (χ3v) is 4.19. The number of aliphatic hydroxyl groups is 2. The topological polar surface area (TPSA) is 66.8 Å². The molecule has 0 aliphatic heterocycles. The highest BCUT2D eigenvalue weighted by Crippen LogP contribution is 2.06. The summed E-state index contributed by atoms with van der Waals surface area (Å²) in [5, 5.41) is 17.7. The van der Waals surface area contributed by atoms with Crippen molar-refractivity contribution in [2.75, 3.05) is 13.2 Å². The molecular formula is C24H40O4. The average molecular weight is 393 g/mol. The Kier molecular flexibility index (Phi) is 18.9. The highest BCUT2D eigenvalue weighted by atomic mass is 16.6. The summed E-state index contributed by atoms with van der Waals surface area (Å²) in [6.07, 6.45) is 25.5. The molecule has 0 heterocycles. The molecule has 28 heavy (non-hydrogen) atoms. The SMILES string of the molecule is CCCCC/C=C\C/C=C\C/C=C\[C@H](C)/C=C\CCCC(=O)OC(CO)CO. The molecule has 1 atom stereocenters. The maximum absolute atomic E-state index is 11.5. The number of hydrogen-bond donors (Lipinski definition) is 2. The largest absolute Gasteiger partial charge is 0.457 e. The lowest BCUT2D eigenvalue weighted by Crippen LogP contribution is -2.25. The van der Waals surface area contributed by atoms with Gasteiger partial charge in [-0.25, -0.2) is 0 Å². The molecule has 0 aromatic heterocycles. The molecule has 0 fully saturated rings. The summed E-state index contributed by atoms with van der Waals surface area (Å²) in [4.78, 5) is 11.5. The summed E-state index contributed by atoms with van der Waals surface area (Å²) in [5.74, 6) is -0.0102. The molecule has 0 aliphatic carbocycles. The zero-order chi connectivity index (χ0) is 20.9. The van der Waals surface area contributed by atoms with E-state index in [0.29, 0.717) is 18.8 Å². The van der Waals surface area contributed by atoms with Gasteiger partial charge in [0.1, 0.15) is 6.10 Å². The first-order valence-corrected chi connectivity index (χ1v) is 10.7. The fraction of sp³-hybridized carbons (Fsp3) is 0.625. The maximum atomic E-state index is 11.5. The molecular weight excluding hydrogens is 352 g/mol. The lowest BCUT2D eigenvalue weighted by molar-refractivity contribution is -0.153. The second-order valence-corrected chi connectivity index (χ2v) is 6.99. The highest BCUT2D eigenvalue weighted by Gasteiger charge is 2.11. The number of ether oxygens (including phenoxy) is 1. The van der Waals surface area contributed by atoms with Crippen molar-refractivity contribution in [1.29, 1.82) is 0 Å². The quantitative estimate of drug-likeness (QED) is 0.201. The number of esters is 1. The molecule has 0 amide bonds. The zero-order valence-electron chi connectivity index (χ0n) is 17.8. The number of allylic oxidation sites excluding steroid dienone is 8. The Balaban J connectivity index is 3.74. The Morgan fingerprint density at radius 2 is 1.46 bits per heavy atom. The molecule has 0 aromatic carbocycles. The van der Waals surface area contributed by atoms with Gasteiger partial charge in [-0.1, -0.05) is 75.3 Å². The van der Waals surface area contributed by atoms with Crippen LogP contribution >= 0.6 is 0 Å². The van der Waals surface area contributed by atoms with Crippen molar-refractivity contribution in [3.8, 4) is 0 Å². The van der Waals surface area contributed by atoms with E-state index in [2.05, 4.69) is 62.5 Å². The van der Waals surface area contributed by atoms with Crippen LogP contribution in [0.3, 0.4) is 0 Å². The summed E-state index contributed by atoms with van der Waals surface area (Å²) in [7, 11) is 0. The first kappa shape index (κ1) is 26.4. The number of carbonyl (C=O) groups is 1. The maximum Gasteiger partial charge on any atom is 0.306 e. The Morgan fingerprint density at radius 1 is 0.857 bits per heavy atom. The van der Waals surface area contributed by atoms with Crippen molar-refractivity contribution in [2.24, 2.45) is 5.92 Å². The van der Waals surface area contributed by atoms with Gasteiger partial charge in [-0.05, 0) is 44.4 Å². The van der Waals surface area contributed by atoms with E-state index in [4.69, 9.17) is 14.9 Å². The van der Waals surface area contributed by atoms with Crippen LogP contribution in [0.25, 0.3) is 0 Å². The van der Waals surface area contributed by atoms with E-state index in [9.17, 15) is 4.79 Å². The van der Waals surface area contributed by atoms with Crippen molar-refractivity contribution < 1.29 is 19.7 Å². The van der Waals surface area contributed by atoms with Crippen molar-refractivity contribution in [3.05, 3.63) is 48.6 Å². The average Bonchev–Trinajstić information content (AvgIpc) is 2.69. The van der Waals surface area contributed by atoms with Gasteiger partial charge in [-0.2, -0.15) is 0 Å². The van der Waals surface area contributed by atoms with Crippen LogP contribution in [0.15, 0.2) is 48.6 Å². The van der Waals surface area contributed by atoms with Gasteiger partial charge in [-0.3, -0.25) is 4.79 Å². The number of aliphatic hydroxyl groups excluding tert-OH is 2. The molecule has 0 rings (SSSR count). The van der Waals surface area contributed by atoms with Crippen LogP contribution in [0, 0.1) is 5.92 Å². The van der Waals surface area contributed by atoms with Gasteiger partial charge in [0.05, 0.1) is 13.2 Å². The molecule has 0 aromatic rings. The first-order chi connectivity index (χ1) is 13.6. The number of carbonyl (C=O) groups excluding carboxylic acids is 1. The van der Waals surface area contributed by atoms with Gasteiger partial charge in [0.25, 0.3) is 0 Å². The summed E-state index contributed by atoms with van der Waals surface area (Å²) < 4.78 is 4.91. The van der Waals surface area contributed by atoms with Gasteiger partial charge >= 0.3 is 5.97 Å². The smallest absolute Gasteiger partial charge is 0.306 e. The van der Waals surface area contributed by atoms with Crippen molar-refractivity contribution >= 4 is 5.97 Å². The van der Waals surface area contributed by atoms with E-state index in [1.54, 1.807) is 0 Å². The van der Waals surface area contributed by atoms with Crippen LogP contribution in [0.5, 0.6) is 0 Å². The summed E-state index contributed by atoms with van der Waals surface area (Å²) in [6, 6.07) is 0. The molecule has 0 spiro atoms. The lowest BCUT2D eigenvalue weighted by Gasteiger charge is -2.11. The molecule has 4 heteroatoms. The van der Waals surface area contributed by atoms with Crippen LogP contribution < -0.4 is 0 Å². The van der Waals surface area contributed by atoms with E-state index in [-0.39, 0.29) is 19.2 Å². The second kappa shape index (κ2) is 20.1. The molecule has 0 saturated heterocycles. The van der Waals surface area contributed by atoms with Crippen molar-refractivity contribution in [3.63, 3.8) is 0 Å². The van der Waals surface area contributed by atoms with Gasteiger partial charge in [0.2, 0.25) is 0 Å². The molecule has 2 N–H and O–H groups in total. The fourth-order valence-electron chi connectivity index (χ4n) is 2.49. The first-order valence-electron chi connectivity index (χ1n) is 10.7. The number of rotatable bonds is 17. The third-order valence-electron chi connectivity index (χ3n) is 4.19. The lowest BCUT2D eigenvalue weighted by atomic mass is 10.1. The van der Waals surface area contributed by atoms with E-state index in [1.165, 1.54) is 25.7 Å². The van der Waals surface area contributed by atoms with Crippen LogP contribution in [0.1, 0.15) is 71.6 Å². The minimum atomic E-state index is -0.802. The van der Waals surface area contributed by atoms with Gasteiger partial charge in [0, 0.05) is 6.42 Å². The minimum absolute atomic E-state index is 0.295. The van der Waals surface area contributed by atoms with E-state index in [1.807, 2.05) is 0 Å². The molecule has 0 radical (unpaired) electrons. The predicted molar refractivity (Wildman–Crippen MR) is 117 cm³/mol. The predicted octanol–water partition coefficient (Wildman–Crippen LogP) is 5.27. The van der Waals surface area contributed by atoms with E-state index >= 15 is 0 Å². The molecule has 0 unspecified atom stereocenters. The van der Waals surface area contributed by atoms with E-state index in [0.717, 1.165) is 19.3 Å². The van der Waals surface area contributed by atoms with Crippen LogP contribution in [0.2, 0.25) is 0 Å². The fourth-order valence-corrected chi connectivity index (χ4v) is 2.49. The van der Waals surface area contributed by atoms with Gasteiger partial charge in [0.15, 0.2) is 0 Å². The van der Waals surface area contributed by atoms with Crippen LogP contribution in [0.4, 0.5) is 0 Å². The molecule has 0 bridgehead atoms. The van der Waals surface area contributed by atoms with E-state index < -0.39 is 6.10 Å². The Labute approximate surface area is 171 Å². The Bertz CT molecular complexity index is 473. The molecule has 0 saturated carbocycles. The minimum Gasteiger partial charge on any atom is -0.457 e. The zero-order valence-corrected chi connectivity index (χ0v) is 17.8. The summed E-state index contributed by atoms with van der Waals surface area (Å²) in [6.45, 7) is 3.66. The third kappa shape index (κ3) is 17.7. The van der Waals surface area contributed by atoms with Gasteiger partial charge in [-0.15, -0.1) is 0 Å². The molecule has 4 nitrogen and oxygen atoms in total. The van der Waals surface area contributed by atoms with Gasteiger partial charge < -0.3 is 14.9 Å². The second-order valence-electron chi connectivity index (χ2n) is 6.99. The number of unbranched alkanes of at least 4 members (excludes halogenated alkanes) is 4. The standard InChI is InChI=1S/C24H40O4/c1-3-4-5-6-7-8-9-10-11-12-14-17-22(2)18-15-13-16-19-24(27)28-23(20-25)21-26/h7-8,10-11,14-15,17-18,22-23,25-26H,3-6,9,12-13,16,19-21H2,1-2H3/b8-7-,11-10-,17-14-,18-15-/t22-/m0/s1. The molecule has 0 aliphatic rings. The molecule has 160 valence electrons. The van der Waals surface area contributed by atoms with Crippen LogP contribution in [-0.2, 0) is 9.53 Å². The Morgan fingerprint density at radius 3 is 2.14 bits per heavy atom. The normalized spacial score (nSPS) is 13.6.